The summed E-state index contributed by atoms with van der Waals surface area (Å²) in [5.41, 5.74) is -1.00. The van der Waals surface area contributed by atoms with Crippen molar-refractivity contribution in [2.75, 3.05) is 6.54 Å². The predicted octanol–water partition coefficient (Wildman–Crippen LogP) is 1.48. The van der Waals surface area contributed by atoms with Crippen molar-refractivity contribution in [1.29, 1.82) is 0 Å². The molecule has 0 aromatic carbocycles. The zero-order chi connectivity index (χ0) is 19.3. The van der Waals surface area contributed by atoms with Gasteiger partial charge < -0.3 is 15.4 Å². The monoisotopic (exact) mass is 367 g/mol. The fourth-order valence-corrected chi connectivity index (χ4v) is 3.29. The molecule has 2 aliphatic rings. The number of imide groups is 1. The SMILES string of the molecule is CC[C@@]1(C)NC(=O)N(CC(=O)O[C@@H](C)C(=O)NC2CCCCCC2)C1=O. The van der Waals surface area contributed by atoms with Crippen LogP contribution in [0.3, 0.4) is 0 Å². The summed E-state index contributed by atoms with van der Waals surface area (Å²) in [6.45, 7) is 4.38. The average Bonchev–Trinajstić information content (AvgIpc) is 2.79. The summed E-state index contributed by atoms with van der Waals surface area (Å²) < 4.78 is 5.12. The molecule has 2 fully saturated rings. The van der Waals surface area contributed by atoms with E-state index in [9.17, 15) is 19.2 Å². The standard InChI is InChI=1S/C18H29N3O5/c1-4-18(3)16(24)21(17(25)20-18)11-14(22)26-12(2)15(23)19-13-9-7-5-6-8-10-13/h12-13H,4-11H2,1-3H3,(H,19,23)(H,20,25)/t12-,18+/m0/s1. The number of ether oxygens (including phenoxy) is 1. The lowest BCUT2D eigenvalue weighted by atomic mass is 9.99. The Kier molecular flexibility index (Phi) is 6.61. The summed E-state index contributed by atoms with van der Waals surface area (Å²) >= 11 is 0. The van der Waals surface area contributed by atoms with Crippen molar-refractivity contribution in [3.05, 3.63) is 0 Å². The summed E-state index contributed by atoms with van der Waals surface area (Å²) in [7, 11) is 0. The van der Waals surface area contributed by atoms with Gasteiger partial charge in [-0.2, -0.15) is 0 Å². The number of esters is 1. The van der Waals surface area contributed by atoms with Gasteiger partial charge in [-0.1, -0.05) is 32.6 Å². The smallest absolute Gasteiger partial charge is 0.327 e. The van der Waals surface area contributed by atoms with Crippen molar-refractivity contribution < 1.29 is 23.9 Å². The molecule has 0 aromatic rings. The van der Waals surface area contributed by atoms with Gasteiger partial charge in [0, 0.05) is 6.04 Å². The second-order valence-electron chi connectivity index (χ2n) is 7.34. The Balaban J connectivity index is 1.84. The molecule has 1 aliphatic carbocycles. The van der Waals surface area contributed by atoms with Gasteiger partial charge in [0.05, 0.1) is 0 Å². The number of hydrogen-bond donors (Lipinski definition) is 2. The molecule has 0 spiro atoms. The van der Waals surface area contributed by atoms with E-state index in [0.29, 0.717) is 6.42 Å². The third-order valence-corrected chi connectivity index (χ3v) is 5.22. The number of hydrogen-bond acceptors (Lipinski definition) is 5. The Morgan fingerprint density at radius 3 is 2.42 bits per heavy atom. The molecule has 146 valence electrons. The molecule has 8 nitrogen and oxygen atoms in total. The third-order valence-electron chi connectivity index (χ3n) is 5.22. The summed E-state index contributed by atoms with van der Waals surface area (Å²) in [5, 5.41) is 5.49. The van der Waals surface area contributed by atoms with Crippen molar-refractivity contribution in [3.63, 3.8) is 0 Å². The summed E-state index contributed by atoms with van der Waals surface area (Å²) in [5.74, 6) is -1.59. The summed E-state index contributed by atoms with van der Waals surface area (Å²) in [4.78, 5) is 49.3. The first-order valence-corrected chi connectivity index (χ1v) is 9.41. The van der Waals surface area contributed by atoms with Gasteiger partial charge in [0.2, 0.25) is 0 Å². The number of nitrogens with one attached hydrogen (secondary N) is 2. The van der Waals surface area contributed by atoms with E-state index in [1.807, 2.05) is 0 Å². The van der Waals surface area contributed by atoms with Crippen molar-refractivity contribution in [3.8, 4) is 0 Å². The number of carbonyl (C=O) groups is 4. The van der Waals surface area contributed by atoms with Crippen molar-refractivity contribution in [2.24, 2.45) is 0 Å². The van der Waals surface area contributed by atoms with E-state index in [2.05, 4.69) is 10.6 Å². The topological polar surface area (TPSA) is 105 Å². The molecule has 1 saturated carbocycles. The average molecular weight is 367 g/mol. The molecular weight excluding hydrogens is 338 g/mol. The summed E-state index contributed by atoms with van der Waals surface area (Å²) in [6.07, 6.45) is 5.85. The van der Waals surface area contributed by atoms with Crippen LogP contribution in [-0.2, 0) is 19.1 Å². The van der Waals surface area contributed by atoms with Gasteiger partial charge in [0.25, 0.3) is 11.8 Å². The molecular formula is C18H29N3O5. The lowest BCUT2D eigenvalue weighted by molar-refractivity contribution is -0.156. The van der Waals surface area contributed by atoms with Crippen LogP contribution >= 0.6 is 0 Å². The maximum atomic E-state index is 12.3. The fourth-order valence-electron chi connectivity index (χ4n) is 3.29. The zero-order valence-electron chi connectivity index (χ0n) is 15.8. The number of amides is 4. The van der Waals surface area contributed by atoms with Crippen molar-refractivity contribution in [2.45, 2.75) is 83.4 Å². The lowest BCUT2D eigenvalue weighted by Gasteiger charge is -2.21. The van der Waals surface area contributed by atoms with Crippen LogP contribution in [0.4, 0.5) is 4.79 Å². The maximum Gasteiger partial charge on any atom is 0.327 e. The van der Waals surface area contributed by atoms with Crippen LogP contribution in [0, 0.1) is 0 Å². The minimum atomic E-state index is -1.00. The molecule has 2 N–H and O–H groups in total. The maximum absolute atomic E-state index is 12.3. The van der Waals surface area contributed by atoms with Crippen molar-refractivity contribution >= 4 is 23.8 Å². The molecule has 2 atom stereocenters. The largest absolute Gasteiger partial charge is 0.451 e. The van der Waals surface area contributed by atoms with Gasteiger partial charge in [-0.15, -0.1) is 0 Å². The number of rotatable bonds is 6. The zero-order valence-corrected chi connectivity index (χ0v) is 15.8. The Hall–Kier alpha value is -2.12. The van der Waals surface area contributed by atoms with Gasteiger partial charge in [0.1, 0.15) is 12.1 Å². The lowest BCUT2D eigenvalue weighted by Crippen LogP contribution is -2.45. The molecule has 8 heteroatoms. The first-order valence-electron chi connectivity index (χ1n) is 9.41. The Labute approximate surface area is 154 Å². The number of urea groups is 1. The quantitative estimate of drug-likeness (QED) is 0.420. The highest BCUT2D eigenvalue weighted by molar-refractivity contribution is 6.08. The van der Waals surface area contributed by atoms with Gasteiger partial charge >= 0.3 is 12.0 Å². The molecule has 0 radical (unpaired) electrons. The van der Waals surface area contributed by atoms with Crippen LogP contribution in [0.2, 0.25) is 0 Å². The third kappa shape index (κ3) is 4.74. The molecule has 2 rings (SSSR count). The first kappa shape index (κ1) is 20.2. The highest BCUT2D eigenvalue weighted by Gasteiger charge is 2.47. The van der Waals surface area contributed by atoms with E-state index in [-0.39, 0.29) is 11.9 Å². The van der Waals surface area contributed by atoms with Crippen LogP contribution in [0.15, 0.2) is 0 Å². The Bertz CT molecular complexity index is 571. The molecule has 1 heterocycles. The predicted molar refractivity (Wildman–Crippen MR) is 94.1 cm³/mol. The fraction of sp³-hybridized carbons (Fsp3) is 0.778. The van der Waals surface area contributed by atoms with Gasteiger partial charge in [-0.05, 0) is 33.1 Å². The Morgan fingerprint density at radius 1 is 1.27 bits per heavy atom. The second kappa shape index (κ2) is 8.51. The highest BCUT2D eigenvalue weighted by atomic mass is 16.5. The molecule has 0 unspecified atom stereocenters. The molecule has 1 aliphatic heterocycles. The first-order chi connectivity index (χ1) is 12.3. The molecule has 4 amide bonds. The normalized spacial score (nSPS) is 25.4. The Morgan fingerprint density at radius 2 is 1.88 bits per heavy atom. The number of nitrogens with zero attached hydrogens (tertiary/aromatic N) is 1. The van der Waals surface area contributed by atoms with Crippen molar-refractivity contribution in [1.82, 2.24) is 15.5 Å². The van der Waals surface area contributed by atoms with E-state index in [4.69, 9.17) is 4.74 Å². The van der Waals surface area contributed by atoms with E-state index < -0.39 is 36.1 Å². The van der Waals surface area contributed by atoms with Crippen LogP contribution < -0.4 is 10.6 Å². The van der Waals surface area contributed by atoms with Crippen LogP contribution in [0.5, 0.6) is 0 Å². The van der Waals surface area contributed by atoms with Crippen LogP contribution in [-0.4, -0.2) is 52.9 Å². The highest BCUT2D eigenvalue weighted by Crippen LogP contribution is 2.21. The van der Waals surface area contributed by atoms with Crippen LogP contribution in [0.1, 0.15) is 65.7 Å². The van der Waals surface area contributed by atoms with E-state index in [0.717, 1.165) is 30.6 Å². The van der Waals surface area contributed by atoms with Crippen LogP contribution in [0.25, 0.3) is 0 Å². The van der Waals surface area contributed by atoms with Gasteiger partial charge in [0.15, 0.2) is 6.10 Å². The van der Waals surface area contributed by atoms with E-state index in [1.54, 1.807) is 13.8 Å². The minimum absolute atomic E-state index is 0.113. The van der Waals surface area contributed by atoms with E-state index in [1.165, 1.54) is 19.8 Å². The molecule has 0 aromatic heterocycles. The minimum Gasteiger partial charge on any atom is -0.451 e. The summed E-state index contributed by atoms with van der Waals surface area (Å²) in [6, 6.07) is -0.505. The second-order valence-corrected chi connectivity index (χ2v) is 7.34. The van der Waals surface area contributed by atoms with Gasteiger partial charge in [-0.25, -0.2) is 4.79 Å². The molecule has 0 bridgehead atoms. The molecule has 26 heavy (non-hydrogen) atoms. The number of carbonyl (C=O) groups excluding carboxylic acids is 4. The molecule has 1 saturated heterocycles. The van der Waals surface area contributed by atoms with E-state index >= 15 is 0 Å². The van der Waals surface area contributed by atoms with Gasteiger partial charge in [-0.3, -0.25) is 19.3 Å².